The Kier molecular flexibility index (Phi) is 10.1. The van der Waals surface area contributed by atoms with Gasteiger partial charge in [0.1, 0.15) is 0 Å². The van der Waals surface area contributed by atoms with E-state index in [1.165, 1.54) is 0 Å². The van der Waals surface area contributed by atoms with Gasteiger partial charge in [-0.25, -0.2) is 0 Å². The Bertz CT molecular complexity index is 405. The Morgan fingerprint density at radius 2 is 2.21 bits per heavy atom. The molecule has 1 aromatic carbocycles. The lowest BCUT2D eigenvalue weighted by molar-refractivity contribution is -0.115. The maximum Gasteiger partial charge on any atom is 0.238 e. The van der Waals surface area contributed by atoms with Crippen molar-refractivity contribution in [2.45, 2.75) is 4.90 Å². The predicted octanol–water partition coefficient (Wildman–Crippen LogP) is 2.66. The number of halogens is 2. The van der Waals surface area contributed by atoms with Crippen molar-refractivity contribution in [1.29, 1.82) is 0 Å². The van der Waals surface area contributed by atoms with Crippen LogP contribution in [-0.2, 0) is 9.53 Å². The van der Waals surface area contributed by atoms with Gasteiger partial charge >= 0.3 is 0 Å². The number of hydrogen-bond donors (Lipinski definition) is 2. The van der Waals surface area contributed by atoms with Gasteiger partial charge in [0.05, 0.1) is 18.2 Å². The average molecular weight is 325 g/mol. The maximum absolute atomic E-state index is 11.6. The van der Waals surface area contributed by atoms with Crippen LogP contribution in [0.25, 0.3) is 0 Å². The van der Waals surface area contributed by atoms with E-state index in [-0.39, 0.29) is 24.9 Å². The van der Waals surface area contributed by atoms with Crippen LogP contribution in [0.1, 0.15) is 0 Å². The predicted molar refractivity (Wildman–Crippen MR) is 83.9 cm³/mol. The van der Waals surface area contributed by atoms with E-state index >= 15 is 0 Å². The lowest BCUT2D eigenvalue weighted by Gasteiger charge is -2.08. The van der Waals surface area contributed by atoms with Gasteiger partial charge < -0.3 is 15.4 Å². The van der Waals surface area contributed by atoms with Crippen LogP contribution in [-0.4, -0.2) is 39.0 Å². The van der Waals surface area contributed by atoms with Crippen LogP contribution in [0.3, 0.4) is 0 Å². The van der Waals surface area contributed by atoms with Gasteiger partial charge in [0.15, 0.2) is 0 Å². The Morgan fingerprint density at radius 3 is 2.79 bits per heavy atom. The molecule has 7 heteroatoms. The number of benzene rings is 1. The minimum atomic E-state index is -0.0981. The minimum Gasteiger partial charge on any atom is -0.383 e. The molecule has 19 heavy (non-hydrogen) atoms. The normalized spacial score (nSPS) is 9.84. The summed E-state index contributed by atoms with van der Waals surface area (Å²) in [5, 5.41) is 6.39. The summed E-state index contributed by atoms with van der Waals surface area (Å²) in [4.78, 5) is 12.6. The van der Waals surface area contributed by atoms with Gasteiger partial charge in [0.2, 0.25) is 5.91 Å². The van der Waals surface area contributed by atoms with Crippen LogP contribution in [0.5, 0.6) is 0 Å². The smallest absolute Gasteiger partial charge is 0.238 e. The molecule has 1 amide bonds. The van der Waals surface area contributed by atoms with Gasteiger partial charge in [-0.3, -0.25) is 4.79 Å². The third-order valence-corrected chi connectivity index (χ3v) is 3.42. The first-order chi connectivity index (χ1) is 8.67. The van der Waals surface area contributed by atoms with E-state index in [4.69, 9.17) is 16.3 Å². The number of anilines is 1. The van der Waals surface area contributed by atoms with Crippen LogP contribution in [0.15, 0.2) is 23.1 Å². The van der Waals surface area contributed by atoms with Gasteiger partial charge in [-0.05, 0) is 24.5 Å². The number of nitrogens with one attached hydrogen (secondary N) is 2. The molecule has 0 atom stereocenters. The lowest BCUT2D eigenvalue weighted by Crippen LogP contribution is -2.30. The second-order valence-electron chi connectivity index (χ2n) is 3.57. The van der Waals surface area contributed by atoms with E-state index in [0.29, 0.717) is 23.9 Å². The summed E-state index contributed by atoms with van der Waals surface area (Å²) in [5.41, 5.74) is 0.705. The van der Waals surface area contributed by atoms with Crippen molar-refractivity contribution in [3.8, 4) is 0 Å². The summed E-state index contributed by atoms with van der Waals surface area (Å²) in [7, 11) is 1.62. The molecule has 0 spiro atoms. The molecular weight excluding hydrogens is 307 g/mol. The molecule has 0 fully saturated rings. The Balaban J connectivity index is 0.00000324. The summed E-state index contributed by atoms with van der Waals surface area (Å²) in [6, 6.07) is 5.48. The summed E-state index contributed by atoms with van der Waals surface area (Å²) in [6.07, 6.45) is 1.96. The van der Waals surface area contributed by atoms with Crippen molar-refractivity contribution in [3.05, 3.63) is 23.2 Å². The average Bonchev–Trinajstić information content (AvgIpc) is 2.35. The van der Waals surface area contributed by atoms with Crippen LogP contribution in [0, 0.1) is 0 Å². The zero-order valence-electron chi connectivity index (χ0n) is 10.9. The van der Waals surface area contributed by atoms with Crippen molar-refractivity contribution < 1.29 is 9.53 Å². The quantitative estimate of drug-likeness (QED) is 0.598. The highest BCUT2D eigenvalue weighted by Crippen LogP contribution is 2.27. The molecule has 4 nitrogen and oxygen atoms in total. The second-order valence-corrected chi connectivity index (χ2v) is 4.82. The van der Waals surface area contributed by atoms with E-state index in [9.17, 15) is 4.79 Å². The molecule has 0 unspecified atom stereocenters. The third-order valence-electron chi connectivity index (χ3n) is 2.20. The minimum absolute atomic E-state index is 0. The number of amides is 1. The largest absolute Gasteiger partial charge is 0.383 e. The third kappa shape index (κ3) is 7.03. The molecule has 0 saturated carbocycles. The van der Waals surface area contributed by atoms with E-state index in [0.717, 1.165) is 4.90 Å². The first kappa shape index (κ1) is 18.5. The number of rotatable bonds is 7. The molecule has 0 heterocycles. The van der Waals surface area contributed by atoms with E-state index in [1.807, 2.05) is 18.4 Å². The zero-order chi connectivity index (χ0) is 13.4. The van der Waals surface area contributed by atoms with Crippen LogP contribution in [0.4, 0.5) is 5.69 Å². The molecule has 0 aromatic heterocycles. The van der Waals surface area contributed by atoms with Gasteiger partial charge in [-0.15, -0.1) is 24.2 Å². The molecule has 0 aliphatic rings. The molecule has 0 aliphatic carbocycles. The molecule has 0 saturated heterocycles. The van der Waals surface area contributed by atoms with Crippen molar-refractivity contribution >= 4 is 47.4 Å². The van der Waals surface area contributed by atoms with Crippen molar-refractivity contribution in [2.75, 3.05) is 38.4 Å². The highest BCUT2D eigenvalue weighted by molar-refractivity contribution is 7.98. The zero-order valence-corrected chi connectivity index (χ0v) is 13.3. The standard InChI is InChI=1S/C12H17ClN2O2S.ClH/c1-17-6-5-14-8-12(16)15-9-3-4-11(18-2)10(13)7-9;/h3-4,7,14H,5-6,8H2,1-2H3,(H,15,16);1H. The van der Waals surface area contributed by atoms with Crippen LogP contribution >= 0.6 is 35.8 Å². The molecule has 0 bridgehead atoms. The Hall–Kier alpha value is -0.460. The van der Waals surface area contributed by atoms with E-state index < -0.39 is 0 Å². The number of methoxy groups -OCH3 is 1. The summed E-state index contributed by atoms with van der Waals surface area (Å²) < 4.78 is 4.87. The molecular formula is C12H18Cl2N2O2S. The second kappa shape index (κ2) is 10.3. The molecule has 2 N–H and O–H groups in total. The van der Waals surface area contributed by atoms with Gasteiger partial charge in [0.25, 0.3) is 0 Å². The number of carbonyl (C=O) groups is 1. The lowest BCUT2D eigenvalue weighted by atomic mass is 10.3. The van der Waals surface area contributed by atoms with Crippen molar-refractivity contribution in [1.82, 2.24) is 5.32 Å². The number of thioether (sulfide) groups is 1. The van der Waals surface area contributed by atoms with Gasteiger partial charge in [-0.2, -0.15) is 0 Å². The summed E-state index contributed by atoms with van der Waals surface area (Å²) in [5.74, 6) is -0.0981. The van der Waals surface area contributed by atoms with Crippen molar-refractivity contribution in [2.24, 2.45) is 0 Å². The fourth-order valence-corrected chi connectivity index (χ4v) is 2.20. The number of carbonyl (C=O) groups excluding carboxylic acids is 1. The highest BCUT2D eigenvalue weighted by atomic mass is 35.5. The van der Waals surface area contributed by atoms with Crippen molar-refractivity contribution in [3.63, 3.8) is 0 Å². The van der Waals surface area contributed by atoms with E-state index in [1.54, 1.807) is 24.9 Å². The van der Waals surface area contributed by atoms with Gasteiger partial charge in [-0.1, -0.05) is 11.6 Å². The van der Waals surface area contributed by atoms with Crippen LogP contribution in [0.2, 0.25) is 5.02 Å². The summed E-state index contributed by atoms with van der Waals surface area (Å²) in [6.45, 7) is 1.49. The molecule has 0 radical (unpaired) electrons. The fourth-order valence-electron chi connectivity index (χ4n) is 1.33. The number of hydrogen-bond acceptors (Lipinski definition) is 4. The van der Waals surface area contributed by atoms with Crippen LogP contribution < -0.4 is 10.6 Å². The van der Waals surface area contributed by atoms with E-state index in [2.05, 4.69) is 10.6 Å². The highest BCUT2D eigenvalue weighted by Gasteiger charge is 2.04. The SMILES string of the molecule is COCCNCC(=O)Nc1ccc(SC)c(Cl)c1.Cl. The molecule has 108 valence electrons. The van der Waals surface area contributed by atoms with Gasteiger partial charge in [0, 0.05) is 24.2 Å². The molecule has 1 rings (SSSR count). The first-order valence-electron chi connectivity index (χ1n) is 5.50. The molecule has 1 aromatic rings. The first-order valence-corrected chi connectivity index (χ1v) is 7.10. The topological polar surface area (TPSA) is 50.4 Å². The molecule has 0 aliphatic heterocycles. The Morgan fingerprint density at radius 1 is 1.47 bits per heavy atom. The summed E-state index contributed by atoms with van der Waals surface area (Å²) >= 11 is 7.63. The maximum atomic E-state index is 11.6. The fraction of sp³-hybridized carbons (Fsp3) is 0.417. The Labute approximate surface area is 129 Å². The number of ether oxygens (including phenoxy) is 1. The monoisotopic (exact) mass is 324 g/mol.